The van der Waals surface area contributed by atoms with Crippen LogP contribution in [-0.4, -0.2) is 32.9 Å². The Kier molecular flexibility index (Phi) is 5.23. The topological polar surface area (TPSA) is 49.4 Å². The van der Waals surface area contributed by atoms with E-state index in [9.17, 15) is 8.42 Å². The highest BCUT2D eigenvalue weighted by Gasteiger charge is 2.31. The first-order chi connectivity index (χ1) is 9.46. The zero-order valence-corrected chi connectivity index (χ0v) is 14.3. The van der Waals surface area contributed by atoms with Gasteiger partial charge in [-0.25, -0.2) is 8.42 Å². The van der Waals surface area contributed by atoms with Gasteiger partial charge in [-0.1, -0.05) is 18.9 Å². The summed E-state index contributed by atoms with van der Waals surface area (Å²) in [5.74, 6) is 0. The molecule has 0 unspecified atom stereocenters. The maximum Gasteiger partial charge on any atom is 0.244 e. The lowest BCUT2D eigenvalue weighted by Gasteiger charge is -2.24. The SMILES string of the molecule is CNCc1ccc(Br)c(S(=O)(=O)N(C)C2CCCC2)c1. The number of hydrogen-bond donors (Lipinski definition) is 1. The first kappa shape index (κ1) is 15.9. The van der Waals surface area contributed by atoms with Gasteiger partial charge in [0.1, 0.15) is 0 Å². The Morgan fingerprint density at radius 2 is 2.00 bits per heavy atom. The quantitative estimate of drug-likeness (QED) is 0.877. The van der Waals surface area contributed by atoms with Crippen molar-refractivity contribution in [3.63, 3.8) is 0 Å². The first-order valence-corrected chi connectivity index (χ1v) is 9.11. The van der Waals surface area contributed by atoms with E-state index in [1.165, 1.54) is 0 Å². The molecule has 0 amide bonds. The molecule has 0 atom stereocenters. The van der Waals surface area contributed by atoms with Crippen LogP contribution in [0.1, 0.15) is 31.2 Å². The average molecular weight is 361 g/mol. The Morgan fingerprint density at radius 3 is 2.60 bits per heavy atom. The number of nitrogens with one attached hydrogen (secondary N) is 1. The minimum Gasteiger partial charge on any atom is -0.316 e. The minimum absolute atomic E-state index is 0.139. The normalized spacial score (nSPS) is 17.0. The fourth-order valence-corrected chi connectivity index (χ4v) is 5.07. The number of nitrogens with zero attached hydrogens (tertiary/aromatic N) is 1. The summed E-state index contributed by atoms with van der Waals surface area (Å²) < 4.78 is 27.7. The van der Waals surface area contributed by atoms with Crippen LogP contribution in [0.4, 0.5) is 0 Å². The van der Waals surface area contributed by atoms with Crippen LogP contribution in [0, 0.1) is 0 Å². The maximum atomic E-state index is 12.8. The summed E-state index contributed by atoms with van der Waals surface area (Å²) in [6.45, 7) is 0.656. The number of sulfonamides is 1. The molecule has 1 aliphatic rings. The van der Waals surface area contributed by atoms with Crippen LogP contribution in [0.3, 0.4) is 0 Å². The van der Waals surface area contributed by atoms with Crippen molar-refractivity contribution in [2.24, 2.45) is 0 Å². The minimum atomic E-state index is -3.44. The number of halogens is 1. The van der Waals surface area contributed by atoms with E-state index in [4.69, 9.17) is 0 Å². The van der Waals surface area contributed by atoms with Gasteiger partial charge in [0.2, 0.25) is 10.0 Å². The molecule has 1 N–H and O–H groups in total. The fourth-order valence-electron chi connectivity index (χ4n) is 2.68. The number of benzene rings is 1. The van der Waals surface area contributed by atoms with Crippen LogP contribution in [0.2, 0.25) is 0 Å². The summed E-state index contributed by atoms with van der Waals surface area (Å²) >= 11 is 3.37. The van der Waals surface area contributed by atoms with Crippen molar-refractivity contribution >= 4 is 26.0 Å². The Hall–Kier alpha value is -0.430. The summed E-state index contributed by atoms with van der Waals surface area (Å²) in [6, 6.07) is 5.62. The van der Waals surface area contributed by atoms with Crippen LogP contribution < -0.4 is 5.32 Å². The van der Waals surface area contributed by atoms with Gasteiger partial charge < -0.3 is 5.32 Å². The lowest BCUT2D eigenvalue weighted by Crippen LogP contribution is -2.35. The third kappa shape index (κ3) is 3.24. The molecule has 0 heterocycles. The molecule has 0 bridgehead atoms. The molecule has 2 rings (SSSR count). The summed E-state index contributed by atoms with van der Waals surface area (Å²) in [5.41, 5.74) is 0.967. The molecule has 1 fully saturated rings. The van der Waals surface area contributed by atoms with E-state index in [0.29, 0.717) is 15.9 Å². The predicted molar refractivity (Wildman–Crippen MR) is 84.1 cm³/mol. The zero-order chi connectivity index (χ0) is 14.8. The highest BCUT2D eigenvalue weighted by atomic mass is 79.9. The third-order valence-corrected chi connectivity index (χ3v) is 6.78. The second kappa shape index (κ2) is 6.56. The van der Waals surface area contributed by atoms with Crippen LogP contribution >= 0.6 is 15.9 Å². The Bertz CT molecular complexity index is 569. The van der Waals surface area contributed by atoms with Gasteiger partial charge in [-0.3, -0.25) is 0 Å². The maximum absolute atomic E-state index is 12.8. The predicted octanol–water partition coefficient (Wildman–Crippen LogP) is 2.73. The van der Waals surface area contributed by atoms with Crippen LogP contribution in [0.25, 0.3) is 0 Å². The van der Waals surface area contributed by atoms with E-state index < -0.39 is 10.0 Å². The van der Waals surface area contributed by atoms with Gasteiger partial charge in [0, 0.05) is 24.1 Å². The van der Waals surface area contributed by atoms with Crippen molar-refractivity contribution in [3.05, 3.63) is 28.2 Å². The molecule has 1 aromatic carbocycles. The second-order valence-electron chi connectivity index (χ2n) is 5.25. The van der Waals surface area contributed by atoms with Crippen LogP contribution in [-0.2, 0) is 16.6 Å². The van der Waals surface area contributed by atoms with E-state index in [2.05, 4.69) is 21.2 Å². The van der Waals surface area contributed by atoms with E-state index in [-0.39, 0.29) is 6.04 Å². The third-order valence-electron chi connectivity index (χ3n) is 3.87. The average Bonchev–Trinajstić information content (AvgIpc) is 2.94. The van der Waals surface area contributed by atoms with Gasteiger partial charge >= 0.3 is 0 Å². The first-order valence-electron chi connectivity index (χ1n) is 6.88. The summed E-state index contributed by atoms with van der Waals surface area (Å²) in [5, 5.41) is 3.04. The number of hydrogen-bond acceptors (Lipinski definition) is 3. The Balaban J connectivity index is 2.34. The molecule has 1 aromatic rings. The molecule has 20 heavy (non-hydrogen) atoms. The molecule has 6 heteroatoms. The molecule has 1 saturated carbocycles. The molecule has 0 spiro atoms. The summed E-state index contributed by atoms with van der Waals surface area (Å²) in [4.78, 5) is 0.361. The molecule has 0 saturated heterocycles. The van der Waals surface area contributed by atoms with Crippen LogP contribution in [0.15, 0.2) is 27.6 Å². The van der Waals surface area contributed by atoms with Gasteiger partial charge in [0.25, 0.3) is 0 Å². The van der Waals surface area contributed by atoms with Crippen molar-refractivity contribution in [2.45, 2.75) is 43.2 Å². The monoisotopic (exact) mass is 360 g/mol. The smallest absolute Gasteiger partial charge is 0.244 e. The van der Waals surface area contributed by atoms with Crippen molar-refractivity contribution in [2.75, 3.05) is 14.1 Å². The van der Waals surface area contributed by atoms with Gasteiger partial charge in [-0.05, 0) is 53.5 Å². The van der Waals surface area contributed by atoms with E-state index in [1.54, 1.807) is 17.4 Å². The molecule has 0 aromatic heterocycles. The largest absolute Gasteiger partial charge is 0.316 e. The summed E-state index contributed by atoms with van der Waals surface area (Å²) in [6.07, 6.45) is 4.16. The molecule has 1 aliphatic carbocycles. The van der Waals surface area contributed by atoms with Crippen LogP contribution in [0.5, 0.6) is 0 Å². The highest BCUT2D eigenvalue weighted by Crippen LogP contribution is 2.31. The Morgan fingerprint density at radius 1 is 1.35 bits per heavy atom. The van der Waals surface area contributed by atoms with Gasteiger partial charge in [-0.15, -0.1) is 0 Å². The van der Waals surface area contributed by atoms with E-state index in [1.807, 2.05) is 19.2 Å². The molecule has 4 nitrogen and oxygen atoms in total. The number of rotatable bonds is 5. The van der Waals surface area contributed by atoms with Crippen molar-refractivity contribution < 1.29 is 8.42 Å². The van der Waals surface area contributed by atoms with Gasteiger partial charge in [0.15, 0.2) is 0 Å². The molecule has 0 aliphatic heterocycles. The molecular weight excluding hydrogens is 340 g/mol. The zero-order valence-electron chi connectivity index (χ0n) is 11.9. The standard InChI is InChI=1S/C14H21BrN2O2S/c1-16-10-11-7-8-13(15)14(9-11)20(18,19)17(2)12-5-3-4-6-12/h7-9,12,16H,3-6,10H2,1-2H3. The lowest BCUT2D eigenvalue weighted by molar-refractivity contribution is 0.373. The second-order valence-corrected chi connectivity index (χ2v) is 8.07. The molecular formula is C14H21BrN2O2S. The molecule has 0 radical (unpaired) electrons. The van der Waals surface area contributed by atoms with Gasteiger partial charge in [0.05, 0.1) is 4.90 Å². The van der Waals surface area contributed by atoms with Gasteiger partial charge in [-0.2, -0.15) is 4.31 Å². The van der Waals surface area contributed by atoms with Crippen molar-refractivity contribution in [3.8, 4) is 0 Å². The summed E-state index contributed by atoms with van der Waals surface area (Å²) in [7, 11) is 0.110. The van der Waals surface area contributed by atoms with Crippen molar-refractivity contribution in [1.82, 2.24) is 9.62 Å². The van der Waals surface area contributed by atoms with E-state index in [0.717, 1.165) is 31.2 Å². The highest BCUT2D eigenvalue weighted by molar-refractivity contribution is 9.10. The fraction of sp³-hybridized carbons (Fsp3) is 0.571. The van der Waals surface area contributed by atoms with Crippen molar-refractivity contribution in [1.29, 1.82) is 0 Å². The molecule has 112 valence electrons. The lowest BCUT2D eigenvalue weighted by atomic mass is 10.2. The Labute approximate surface area is 129 Å². The van der Waals surface area contributed by atoms with E-state index >= 15 is 0 Å².